The van der Waals surface area contributed by atoms with Crippen molar-refractivity contribution < 1.29 is 18.3 Å². The van der Waals surface area contributed by atoms with Crippen LogP contribution in [0.1, 0.15) is 45.4 Å². The predicted molar refractivity (Wildman–Crippen MR) is 63.0 cm³/mol. The number of rotatable bonds is 9. The van der Waals surface area contributed by atoms with Crippen LogP contribution in [0.3, 0.4) is 0 Å². The number of quaternary nitrogens is 1. The molecule has 5 nitrogen and oxygen atoms in total. The fraction of sp³-hybridized carbons (Fsp3) is 0.900. The molecule has 0 saturated carbocycles. The molecule has 0 unspecified atom stereocenters. The fourth-order valence-corrected chi connectivity index (χ4v) is 2.59. The second-order valence-corrected chi connectivity index (χ2v) is 5.99. The first-order valence-electron chi connectivity index (χ1n) is 5.38. The van der Waals surface area contributed by atoms with Gasteiger partial charge in [0.15, 0.2) is 9.84 Å². The summed E-state index contributed by atoms with van der Waals surface area (Å²) in [4.78, 5) is 10.1. The number of carbonyl (C=O) groups excluding carboxylic acids is 1. The van der Waals surface area contributed by atoms with E-state index in [1.165, 1.54) is 0 Å². The Labute approximate surface area is 97.7 Å². The van der Waals surface area contributed by atoms with Crippen molar-refractivity contribution >= 4 is 15.8 Å². The van der Waals surface area contributed by atoms with Crippen molar-refractivity contribution in [3.8, 4) is 0 Å². The highest BCUT2D eigenvalue weighted by atomic mass is 32.2. The summed E-state index contributed by atoms with van der Waals surface area (Å²) < 4.78 is 22.6. The largest absolute Gasteiger partial charge is 0.550 e. The molecule has 0 bridgehead atoms. The number of carboxylic acid groups (broad SMARTS) is 1. The Balaban J connectivity index is 0. The van der Waals surface area contributed by atoms with Crippen LogP contribution in [0.15, 0.2) is 0 Å². The Morgan fingerprint density at radius 3 is 2.12 bits per heavy atom. The maximum Gasteiger partial charge on any atom is 0.150 e. The zero-order valence-electron chi connectivity index (χ0n) is 10.2. The molecule has 0 rings (SSSR count). The number of carbonyl (C=O) groups is 1. The van der Waals surface area contributed by atoms with E-state index in [0.717, 1.165) is 25.7 Å². The Morgan fingerprint density at radius 2 is 1.62 bits per heavy atom. The molecule has 0 aromatic carbocycles. The zero-order chi connectivity index (χ0) is 11.7. The van der Waals surface area contributed by atoms with Crippen LogP contribution in [0.25, 0.3) is 0 Å². The van der Waals surface area contributed by atoms with Crippen LogP contribution in [0.4, 0.5) is 0 Å². The van der Waals surface area contributed by atoms with Gasteiger partial charge in [-0.2, -0.15) is 0 Å². The average molecular weight is 253 g/mol. The lowest BCUT2D eigenvalue weighted by molar-refractivity contribution is -0.305. The SMILES string of the molecule is CCCCCCCS(=O)(=O)CCC(=O)[O-].[NH4+]. The summed E-state index contributed by atoms with van der Waals surface area (Å²) in [5.74, 6) is -1.49. The zero-order valence-corrected chi connectivity index (χ0v) is 11.0. The first-order chi connectivity index (χ1) is 6.98. The molecule has 0 amide bonds. The number of sulfone groups is 1. The quantitative estimate of drug-likeness (QED) is 0.615. The Morgan fingerprint density at radius 1 is 1.06 bits per heavy atom. The van der Waals surface area contributed by atoms with Gasteiger partial charge in [-0.05, 0) is 6.42 Å². The van der Waals surface area contributed by atoms with Gasteiger partial charge in [-0.25, -0.2) is 8.42 Å². The second-order valence-electron chi connectivity index (χ2n) is 3.69. The second kappa shape index (κ2) is 9.59. The molecule has 0 atom stereocenters. The molecule has 0 aromatic heterocycles. The standard InChI is InChI=1S/C10H20O4S.H3N/c1-2-3-4-5-6-8-15(13,14)9-7-10(11)12;/h2-9H2,1H3,(H,11,12);1H3. The van der Waals surface area contributed by atoms with E-state index >= 15 is 0 Å². The van der Waals surface area contributed by atoms with Crippen LogP contribution in [-0.2, 0) is 14.6 Å². The molecule has 6 heteroatoms. The van der Waals surface area contributed by atoms with Gasteiger partial charge in [-0.3, -0.25) is 0 Å². The van der Waals surface area contributed by atoms with Crippen molar-refractivity contribution in [2.45, 2.75) is 45.4 Å². The molecule has 0 aromatic rings. The molecular weight excluding hydrogens is 230 g/mol. The van der Waals surface area contributed by atoms with Crippen LogP contribution in [0, 0.1) is 0 Å². The number of aliphatic carboxylic acids is 1. The molecular formula is C10H23NO4S. The smallest absolute Gasteiger partial charge is 0.150 e. The summed E-state index contributed by atoms with van der Waals surface area (Å²) in [6.45, 7) is 2.09. The van der Waals surface area contributed by atoms with Gasteiger partial charge in [0, 0.05) is 12.4 Å². The Hall–Kier alpha value is -0.620. The van der Waals surface area contributed by atoms with Gasteiger partial charge in [0.25, 0.3) is 0 Å². The van der Waals surface area contributed by atoms with Crippen molar-refractivity contribution in [2.75, 3.05) is 11.5 Å². The summed E-state index contributed by atoms with van der Waals surface area (Å²) in [5.41, 5.74) is 0. The van der Waals surface area contributed by atoms with Crippen LogP contribution in [0.2, 0.25) is 0 Å². The van der Waals surface area contributed by atoms with E-state index in [-0.39, 0.29) is 17.7 Å². The molecule has 16 heavy (non-hydrogen) atoms. The number of hydrogen-bond donors (Lipinski definition) is 1. The lowest BCUT2D eigenvalue weighted by atomic mass is 10.2. The fourth-order valence-electron chi connectivity index (χ4n) is 1.27. The molecule has 0 heterocycles. The van der Waals surface area contributed by atoms with Gasteiger partial charge in [0.2, 0.25) is 0 Å². The lowest BCUT2D eigenvalue weighted by Crippen LogP contribution is -2.25. The molecule has 0 aliphatic rings. The third-order valence-electron chi connectivity index (χ3n) is 2.18. The van der Waals surface area contributed by atoms with Gasteiger partial charge >= 0.3 is 0 Å². The summed E-state index contributed by atoms with van der Waals surface area (Å²) >= 11 is 0. The molecule has 0 aliphatic carbocycles. The van der Waals surface area contributed by atoms with E-state index in [4.69, 9.17) is 0 Å². The molecule has 0 aliphatic heterocycles. The minimum Gasteiger partial charge on any atom is -0.550 e. The van der Waals surface area contributed by atoms with E-state index < -0.39 is 22.2 Å². The topological polar surface area (TPSA) is 111 Å². The number of hydrogen-bond acceptors (Lipinski definition) is 4. The van der Waals surface area contributed by atoms with E-state index in [1.54, 1.807) is 0 Å². The molecule has 98 valence electrons. The van der Waals surface area contributed by atoms with E-state index in [2.05, 4.69) is 6.92 Å². The third kappa shape index (κ3) is 11.5. The van der Waals surface area contributed by atoms with Gasteiger partial charge in [-0.15, -0.1) is 0 Å². The predicted octanol–water partition coefficient (Wildman–Crippen LogP) is 0.888. The van der Waals surface area contributed by atoms with E-state index in [0.29, 0.717) is 6.42 Å². The van der Waals surface area contributed by atoms with Crippen molar-refractivity contribution in [3.63, 3.8) is 0 Å². The van der Waals surface area contributed by atoms with Gasteiger partial charge < -0.3 is 16.1 Å². The summed E-state index contributed by atoms with van der Waals surface area (Å²) in [5, 5.41) is 10.1. The van der Waals surface area contributed by atoms with Gasteiger partial charge in [-0.1, -0.05) is 32.6 Å². The van der Waals surface area contributed by atoms with Crippen LogP contribution in [-0.4, -0.2) is 25.9 Å². The van der Waals surface area contributed by atoms with Gasteiger partial charge in [0.05, 0.1) is 11.5 Å². The number of unbranched alkanes of at least 4 members (excludes halogenated alkanes) is 4. The van der Waals surface area contributed by atoms with Crippen molar-refractivity contribution in [1.82, 2.24) is 6.15 Å². The minimum absolute atomic E-state index is 0. The van der Waals surface area contributed by atoms with Crippen LogP contribution < -0.4 is 11.3 Å². The van der Waals surface area contributed by atoms with Crippen LogP contribution in [0.5, 0.6) is 0 Å². The van der Waals surface area contributed by atoms with Gasteiger partial charge in [0.1, 0.15) is 0 Å². The summed E-state index contributed by atoms with van der Waals surface area (Å²) in [7, 11) is -3.18. The Kier molecular flexibility index (Phi) is 10.7. The molecule has 4 N–H and O–H groups in total. The average Bonchev–Trinajstić information content (AvgIpc) is 2.15. The molecule has 0 spiro atoms. The van der Waals surface area contributed by atoms with E-state index in [1.807, 2.05) is 0 Å². The van der Waals surface area contributed by atoms with E-state index in [9.17, 15) is 18.3 Å². The highest BCUT2D eigenvalue weighted by Gasteiger charge is 2.09. The Bertz CT molecular complexity index is 275. The first kappa shape index (κ1) is 17.8. The number of carboxylic acids is 1. The summed E-state index contributed by atoms with van der Waals surface area (Å²) in [6, 6.07) is 0. The highest BCUT2D eigenvalue weighted by molar-refractivity contribution is 7.91. The maximum absolute atomic E-state index is 11.3. The summed E-state index contributed by atoms with van der Waals surface area (Å²) in [6.07, 6.45) is 4.44. The minimum atomic E-state index is -3.18. The first-order valence-corrected chi connectivity index (χ1v) is 7.20. The normalized spacial score (nSPS) is 10.8. The third-order valence-corrected chi connectivity index (χ3v) is 3.91. The molecule has 0 fully saturated rings. The van der Waals surface area contributed by atoms with Crippen molar-refractivity contribution in [3.05, 3.63) is 0 Å². The van der Waals surface area contributed by atoms with Crippen molar-refractivity contribution in [2.24, 2.45) is 0 Å². The molecule has 0 saturated heterocycles. The van der Waals surface area contributed by atoms with Crippen LogP contribution >= 0.6 is 0 Å². The highest BCUT2D eigenvalue weighted by Crippen LogP contribution is 2.05. The van der Waals surface area contributed by atoms with Crippen molar-refractivity contribution in [1.29, 1.82) is 0 Å². The lowest BCUT2D eigenvalue weighted by Gasteiger charge is -2.04. The monoisotopic (exact) mass is 253 g/mol. The molecule has 0 radical (unpaired) electrons. The maximum atomic E-state index is 11.3.